The van der Waals surface area contributed by atoms with Crippen LogP contribution in [0.1, 0.15) is 50.1 Å². The largest absolute Gasteiger partial charge is 0.487 e. The zero-order chi connectivity index (χ0) is 14.7. The van der Waals surface area contributed by atoms with Gasteiger partial charge in [0.1, 0.15) is 18.0 Å². The van der Waals surface area contributed by atoms with E-state index in [1.807, 2.05) is 24.3 Å². The van der Waals surface area contributed by atoms with Crippen molar-refractivity contribution >= 4 is 5.91 Å². The molecular formula is C17H23NO3. The number of methoxy groups -OCH3 is 1. The van der Waals surface area contributed by atoms with E-state index in [0.717, 1.165) is 30.6 Å². The number of para-hydroxylation sites is 1. The van der Waals surface area contributed by atoms with Gasteiger partial charge in [-0.25, -0.2) is 0 Å². The molecule has 1 atom stereocenters. The quantitative estimate of drug-likeness (QED) is 0.930. The maximum absolute atomic E-state index is 11.9. The summed E-state index contributed by atoms with van der Waals surface area (Å²) in [6, 6.07) is 8.07. The van der Waals surface area contributed by atoms with Crippen molar-refractivity contribution in [1.29, 1.82) is 0 Å². The molecule has 1 aromatic rings. The first-order valence-electron chi connectivity index (χ1n) is 7.79. The molecule has 1 amide bonds. The van der Waals surface area contributed by atoms with Crippen LogP contribution in [0.3, 0.4) is 0 Å². The number of amides is 1. The van der Waals surface area contributed by atoms with Gasteiger partial charge in [-0.05, 0) is 31.7 Å². The van der Waals surface area contributed by atoms with Crippen LogP contribution in [0.2, 0.25) is 0 Å². The molecule has 1 aliphatic heterocycles. The molecule has 3 rings (SSSR count). The lowest BCUT2D eigenvalue weighted by molar-refractivity contribution is -0.126. The summed E-state index contributed by atoms with van der Waals surface area (Å²) in [6.45, 7) is 0.104. The Hall–Kier alpha value is -1.55. The predicted molar refractivity (Wildman–Crippen MR) is 80.3 cm³/mol. The van der Waals surface area contributed by atoms with Crippen LogP contribution in [-0.2, 0) is 9.53 Å². The molecule has 4 heteroatoms. The highest BCUT2D eigenvalue weighted by Gasteiger charge is 2.42. The summed E-state index contributed by atoms with van der Waals surface area (Å²) < 4.78 is 11.3. The third-order valence-electron chi connectivity index (χ3n) is 4.57. The average molecular weight is 289 g/mol. The van der Waals surface area contributed by atoms with E-state index >= 15 is 0 Å². The van der Waals surface area contributed by atoms with Crippen molar-refractivity contribution in [3.05, 3.63) is 29.8 Å². The number of benzene rings is 1. The second kappa shape index (κ2) is 6.06. The van der Waals surface area contributed by atoms with Crippen molar-refractivity contribution in [3.8, 4) is 5.75 Å². The second-order valence-corrected chi connectivity index (χ2v) is 6.14. The minimum Gasteiger partial charge on any atom is -0.487 e. The molecule has 0 saturated heterocycles. The molecular weight excluding hydrogens is 266 g/mol. The topological polar surface area (TPSA) is 47.6 Å². The highest BCUT2D eigenvalue weighted by molar-refractivity contribution is 5.77. The standard InChI is InChI=1S/C17H23NO3/c1-20-12-16(19)18-14-11-17(9-5-2-6-10-17)21-15-8-4-3-7-13(14)15/h3-4,7-8,14H,2,5-6,9-12H2,1H3,(H,18,19). The van der Waals surface area contributed by atoms with Crippen LogP contribution in [-0.4, -0.2) is 25.2 Å². The molecule has 1 aliphatic carbocycles. The van der Waals surface area contributed by atoms with E-state index in [1.54, 1.807) is 7.11 Å². The van der Waals surface area contributed by atoms with Crippen molar-refractivity contribution < 1.29 is 14.3 Å². The smallest absolute Gasteiger partial charge is 0.246 e. The molecule has 1 unspecified atom stereocenters. The van der Waals surface area contributed by atoms with Gasteiger partial charge in [-0.1, -0.05) is 24.6 Å². The molecule has 114 valence electrons. The number of carbonyl (C=O) groups excluding carboxylic acids is 1. The maximum atomic E-state index is 11.9. The predicted octanol–water partition coefficient (Wildman–Crippen LogP) is 2.98. The van der Waals surface area contributed by atoms with Crippen LogP contribution in [0.5, 0.6) is 5.75 Å². The Morgan fingerprint density at radius 1 is 1.33 bits per heavy atom. The lowest BCUT2D eigenvalue weighted by Gasteiger charge is -2.44. The highest BCUT2D eigenvalue weighted by atomic mass is 16.5. The van der Waals surface area contributed by atoms with Crippen molar-refractivity contribution in [2.24, 2.45) is 0 Å². The van der Waals surface area contributed by atoms with Crippen LogP contribution in [0.25, 0.3) is 0 Å². The van der Waals surface area contributed by atoms with E-state index < -0.39 is 0 Å². The zero-order valence-electron chi connectivity index (χ0n) is 12.6. The number of nitrogens with one attached hydrogen (secondary N) is 1. The minimum absolute atomic E-state index is 0.0238. The van der Waals surface area contributed by atoms with E-state index in [9.17, 15) is 4.79 Å². The molecule has 1 fully saturated rings. The number of carbonyl (C=O) groups is 1. The van der Waals surface area contributed by atoms with Gasteiger partial charge in [-0.2, -0.15) is 0 Å². The summed E-state index contributed by atoms with van der Waals surface area (Å²) in [4.78, 5) is 11.9. The lowest BCUT2D eigenvalue weighted by Crippen LogP contribution is -2.46. The minimum atomic E-state index is -0.0996. The molecule has 0 radical (unpaired) electrons. The summed E-state index contributed by atoms with van der Waals surface area (Å²) in [7, 11) is 1.54. The Bertz CT molecular complexity index is 509. The Balaban J connectivity index is 1.85. The molecule has 0 bridgehead atoms. The first-order valence-corrected chi connectivity index (χ1v) is 7.79. The van der Waals surface area contributed by atoms with Crippen LogP contribution in [0, 0.1) is 0 Å². The summed E-state index contributed by atoms with van der Waals surface area (Å²) in [5, 5.41) is 3.10. The third-order valence-corrected chi connectivity index (χ3v) is 4.57. The first-order chi connectivity index (χ1) is 10.2. The molecule has 2 aliphatic rings. The maximum Gasteiger partial charge on any atom is 0.246 e. The number of hydrogen-bond acceptors (Lipinski definition) is 3. The Morgan fingerprint density at radius 3 is 2.86 bits per heavy atom. The lowest BCUT2D eigenvalue weighted by atomic mass is 9.77. The summed E-state index contributed by atoms with van der Waals surface area (Å²) >= 11 is 0. The van der Waals surface area contributed by atoms with Crippen LogP contribution in [0.4, 0.5) is 0 Å². The van der Waals surface area contributed by atoms with Crippen LogP contribution < -0.4 is 10.1 Å². The van der Waals surface area contributed by atoms with Gasteiger partial charge >= 0.3 is 0 Å². The third kappa shape index (κ3) is 3.05. The number of fused-ring (bicyclic) bond motifs is 1. The fourth-order valence-electron chi connectivity index (χ4n) is 3.62. The summed E-state index contributed by atoms with van der Waals surface area (Å²) in [6.07, 6.45) is 6.73. The van der Waals surface area contributed by atoms with Gasteiger partial charge < -0.3 is 14.8 Å². The fourth-order valence-corrected chi connectivity index (χ4v) is 3.62. The van der Waals surface area contributed by atoms with E-state index in [0.29, 0.717) is 0 Å². The summed E-state index contributed by atoms with van der Waals surface area (Å²) in [5.41, 5.74) is 0.982. The van der Waals surface area contributed by atoms with Gasteiger partial charge in [0, 0.05) is 19.1 Å². The molecule has 1 aromatic carbocycles. The van der Waals surface area contributed by atoms with E-state index in [2.05, 4.69) is 5.32 Å². The Labute approximate surface area is 125 Å². The van der Waals surface area contributed by atoms with E-state index in [-0.39, 0.29) is 24.2 Å². The molecule has 4 nitrogen and oxygen atoms in total. The molecule has 1 heterocycles. The SMILES string of the molecule is COCC(=O)NC1CC2(CCCCC2)Oc2ccccc21. The van der Waals surface area contributed by atoms with Crippen LogP contribution in [0.15, 0.2) is 24.3 Å². The molecule has 1 N–H and O–H groups in total. The van der Waals surface area contributed by atoms with Gasteiger partial charge in [0.15, 0.2) is 0 Å². The van der Waals surface area contributed by atoms with E-state index in [1.165, 1.54) is 19.3 Å². The monoisotopic (exact) mass is 289 g/mol. The van der Waals surface area contributed by atoms with Gasteiger partial charge in [-0.3, -0.25) is 4.79 Å². The van der Waals surface area contributed by atoms with Crippen molar-refractivity contribution in [2.75, 3.05) is 13.7 Å². The molecule has 0 aromatic heterocycles. The normalized spacial score (nSPS) is 23.2. The molecule has 21 heavy (non-hydrogen) atoms. The van der Waals surface area contributed by atoms with E-state index in [4.69, 9.17) is 9.47 Å². The van der Waals surface area contributed by atoms with Crippen molar-refractivity contribution in [3.63, 3.8) is 0 Å². The van der Waals surface area contributed by atoms with Gasteiger partial charge in [0.2, 0.25) is 5.91 Å². The number of hydrogen-bond donors (Lipinski definition) is 1. The Morgan fingerprint density at radius 2 is 2.10 bits per heavy atom. The number of rotatable bonds is 3. The Kier molecular flexibility index (Phi) is 4.15. The van der Waals surface area contributed by atoms with Crippen molar-refractivity contribution in [1.82, 2.24) is 5.32 Å². The second-order valence-electron chi connectivity index (χ2n) is 6.14. The van der Waals surface area contributed by atoms with Gasteiger partial charge in [0.05, 0.1) is 6.04 Å². The summed E-state index contributed by atoms with van der Waals surface area (Å²) in [5.74, 6) is 0.860. The fraction of sp³-hybridized carbons (Fsp3) is 0.588. The average Bonchev–Trinajstić information content (AvgIpc) is 2.48. The first kappa shape index (κ1) is 14.4. The zero-order valence-corrected chi connectivity index (χ0v) is 12.6. The highest BCUT2D eigenvalue weighted by Crippen LogP contribution is 2.45. The van der Waals surface area contributed by atoms with Gasteiger partial charge in [0.25, 0.3) is 0 Å². The molecule has 1 saturated carbocycles. The van der Waals surface area contributed by atoms with Gasteiger partial charge in [-0.15, -0.1) is 0 Å². The number of ether oxygens (including phenoxy) is 2. The van der Waals surface area contributed by atoms with Crippen LogP contribution >= 0.6 is 0 Å². The molecule has 1 spiro atoms. The van der Waals surface area contributed by atoms with Crippen molar-refractivity contribution in [2.45, 2.75) is 50.2 Å².